The largest absolute Gasteiger partial charge is 0.493 e. The van der Waals surface area contributed by atoms with Gasteiger partial charge in [-0.2, -0.15) is 0 Å². The first kappa shape index (κ1) is 14.1. The van der Waals surface area contributed by atoms with E-state index >= 15 is 0 Å². The first-order valence-corrected chi connectivity index (χ1v) is 7.34. The third-order valence-corrected chi connectivity index (χ3v) is 3.73. The monoisotopic (exact) mass is 319 g/mol. The minimum atomic E-state index is -0.437. The standard InChI is InChI=1S/C17H13N5O2/c1-9-6-7-11-10(8-9)14(16(23)19-11)21-22-15-17(24)20-13-5-3-2-4-12(13)18-15/h2-8,19,23H,1H3,(H,20,24). The molecule has 0 atom stereocenters. The summed E-state index contributed by atoms with van der Waals surface area (Å²) < 4.78 is 0. The SMILES string of the molecule is Cc1ccc2[nH]c(O)c(N=Nc3nc4ccccc4[nH]c3=O)c2c1. The molecule has 118 valence electrons. The van der Waals surface area contributed by atoms with Crippen LogP contribution in [0, 0.1) is 6.92 Å². The van der Waals surface area contributed by atoms with E-state index in [-0.39, 0.29) is 17.4 Å². The fourth-order valence-corrected chi connectivity index (χ4v) is 2.56. The lowest BCUT2D eigenvalue weighted by atomic mass is 10.2. The second-order valence-corrected chi connectivity index (χ2v) is 5.48. The van der Waals surface area contributed by atoms with Gasteiger partial charge in [-0.3, -0.25) is 4.79 Å². The lowest BCUT2D eigenvalue weighted by molar-refractivity contribution is 0.459. The van der Waals surface area contributed by atoms with Gasteiger partial charge in [0.25, 0.3) is 5.56 Å². The Morgan fingerprint density at radius 3 is 2.75 bits per heavy atom. The highest BCUT2D eigenvalue weighted by molar-refractivity contribution is 5.94. The minimum Gasteiger partial charge on any atom is -0.493 e. The molecule has 0 bridgehead atoms. The van der Waals surface area contributed by atoms with E-state index < -0.39 is 5.56 Å². The normalized spacial score (nSPS) is 11.7. The van der Waals surface area contributed by atoms with Crippen molar-refractivity contribution in [2.45, 2.75) is 6.92 Å². The Kier molecular flexibility index (Phi) is 3.13. The number of para-hydroxylation sites is 2. The average Bonchev–Trinajstić information content (AvgIpc) is 2.87. The van der Waals surface area contributed by atoms with E-state index in [1.54, 1.807) is 12.1 Å². The van der Waals surface area contributed by atoms with Crippen LogP contribution in [0.5, 0.6) is 5.88 Å². The van der Waals surface area contributed by atoms with Crippen LogP contribution in [0.3, 0.4) is 0 Å². The summed E-state index contributed by atoms with van der Waals surface area (Å²) in [6, 6.07) is 12.8. The maximum atomic E-state index is 12.1. The molecule has 0 saturated heterocycles. The zero-order valence-electron chi connectivity index (χ0n) is 12.7. The molecule has 0 aliphatic heterocycles. The maximum absolute atomic E-state index is 12.1. The van der Waals surface area contributed by atoms with Gasteiger partial charge in [-0.05, 0) is 31.2 Å². The van der Waals surface area contributed by atoms with E-state index in [2.05, 4.69) is 25.2 Å². The number of hydrogen-bond acceptors (Lipinski definition) is 5. The molecule has 0 amide bonds. The molecule has 0 fully saturated rings. The number of H-pyrrole nitrogens is 2. The summed E-state index contributed by atoms with van der Waals surface area (Å²) in [5.74, 6) is -0.160. The molecule has 7 nitrogen and oxygen atoms in total. The van der Waals surface area contributed by atoms with Gasteiger partial charge in [0.1, 0.15) is 0 Å². The van der Waals surface area contributed by atoms with Crippen molar-refractivity contribution >= 4 is 33.4 Å². The van der Waals surface area contributed by atoms with Gasteiger partial charge >= 0.3 is 0 Å². The molecule has 4 rings (SSSR count). The molecule has 7 heteroatoms. The zero-order chi connectivity index (χ0) is 16.7. The van der Waals surface area contributed by atoms with Crippen LogP contribution in [0.2, 0.25) is 0 Å². The molecule has 2 aromatic heterocycles. The summed E-state index contributed by atoms with van der Waals surface area (Å²) in [5, 5.41) is 18.7. The van der Waals surface area contributed by atoms with Crippen molar-refractivity contribution < 1.29 is 5.11 Å². The Morgan fingerprint density at radius 1 is 1.04 bits per heavy atom. The fraction of sp³-hybridized carbons (Fsp3) is 0.0588. The number of nitrogens with one attached hydrogen (secondary N) is 2. The molecule has 0 saturated carbocycles. The van der Waals surface area contributed by atoms with Gasteiger partial charge in [-0.15, -0.1) is 10.2 Å². The van der Waals surface area contributed by atoms with Crippen molar-refractivity contribution in [1.29, 1.82) is 0 Å². The number of rotatable bonds is 2. The number of fused-ring (bicyclic) bond motifs is 2. The summed E-state index contributed by atoms with van der Waals surface area (Å²) in [4.78, 5) is 21.8. The van der Waals surface area contributed by atoms with Gasteiger partial charge in [-0.25, -0.2) is 4.98 Å². The van der Waals surface area contributed by atoms with E-state index in [0.717, 1.165) is 16.5 Å². The van der Waals surface area contributed by atoms with Gasteiger partial charge in [0.15, 0.2) is 5.69 Å². The fourth-order valence-electron chi connectivity index (χ4n) is 2.56. The molecule has 0 spiro atoms. The molecular weight excluding hydrogens is 306 g/mol. The van der Waals surface area contributed by atoms with Gasteiger partial charge in [0, 0.05) is 5.39 Å². The zero-order valence-corrected chi connectivity index (χ0v) is 12.7. The van der Waals surface area contributed by atoms with E-state index in [9.17, 15) is 9.90 Å². The number of hydrogen-bond donors (Lipinski definition) is 3. The Hall–Kier alpha value is -3.48. The minimum absolute atomic E-state index is 0.0601. The highest BCUT2D eigenvalue weighted by Crippen LogP contribution is 2.36. The summed E-state index contributed by atoms with van der Waals surface area (Å²) >= 11 is 0. The van der Waals surface area contributed by atoms with Crippen LogP contribution in [-0.2, 0) is 0 Å². The first-order valence-electron chi connectivity index (χ1n) is 7.34. The van der Waals surface area contributed by atoms with Gasteiger partial charge < -0.3 is 15.1 Å². The Labute approximate surface area is 135 Å². The number of aromatic hydroxyl groups is 1. The second kappa shape index (κ2) is 5.31. The highest BCUT2D eigenvalue weighted by Gasteiger charge is 2.11. The second-order valence-electron chi connectivity index (χ2n) is 5.48. The van der Waals surface area contributed by atoms with Gasteiger partial charge in [0.2, 0.25) is 11.7 Å². The maximum Gasteiger partial charge on any atom is 0.295 e. The molecule has 2 heterocycles. The lowest BCUT2D eigenvalue weighted by Crippen LogP contribution is -2.06. The van der Waals surface area contributed by atoms with Crippen molar-refractivity contribution in [3.63, 3.8) is 0 Å². The van der Waals surface area contributed by atoms with Crippen molar-refractivity contribution in [1.82, 2.24) is 15.0 Å². The molecule has 0 radical (unpaired) electrons. The lowest BCUT2D eigenvalue weighted by Gasteiger charge is -1.97. The number of benzene rings is 2. The van der Waals surface area contributed by atoms with E-state index in [0.29, 0.717) is 11.0 Å². The number of aryl methyl sites for hydroxylation is 1. The molecular formula is C17H13N5O2. The molecule has 4 aromatic rings. The van der Waals surface area contributed by atoms with E-state index in [4.69, 9.17) is 0 Å². The third kappa shape index (κ3) is 2.32. The quantitative estimate of drug-likeness (QED) is 0.489. The molecule has 2 aromatic carbocycles. The molecule has 24 heavy (non-hydrogen) atoms. The molecule has 0 aliphatic rings. The first-order chi connectivity index (χ1) is 11.6. The van der Waals surface area contributed by atoms with Crippen molar-refractivity contribution in [3.05, 3.63) is 58.4 Å². The summed E-state index contributed by atoms with van der Waals surface area (Å²) in [5.41, 5.74) is 2.86. The predicted molar refractivity (Wildman–Crippen MR) is 91.2 cm³/mol. The average molecular weight is 319 g/mol. The van der Waals surface area contributed by atoms with Crippen LogP contribution in [0.1, 0.15) is 5.56 Å². The molecule has 3 N–H and O–H groups in total. The number of azo groups is 1. The van der Waals surface area contributed by atoms with Crippen LogP contribution < -0.4 is 5.56 Å². The molecule has 0 aliphatic carbocycles. The van der Waals surface area contributed by atoms with E-state index in [1.807, 2.05) is 37.3 Å². The van der Waals surface area contributed by atoms with Crippen LogP contribution in [0.15, 0.2) is 57.5 Å². The molecule has 0 unspecified atom stereocenters. The summed E-state index contributed by atoms with van der Waals surface area (Å²) in [6.45, 7) is 1.94. The van der Waals surface area contributed by atoms with Crippen molar-refractivity contribution in [2.75, 3.05) is 0 Å². The number of aromatic nitrogens is 3. The topological polar surface area (TPSA) is 106 Å². The van der Waals surface area contributed by atoms with Crippen LogP contribution in [0.4, 0.5) is 11.5 Å². The third-order valence-electron chi connectivity index (χ3n) is 3.73. The van der Waals surface area contributed by atoms with Gasteiger partial charge in [0.05, 0.1) is 16.6 Å². The Balaban J connectivity index is 1.83. The van der Waals surface area contributed by atoms with Gasteiger partial charge in [-0.1, -0.05) is 23.8 Å². The van der Waals surface area contributed by atoms with Crippen LogP contribution >= 0.6 is 0 Å². The van der Waals surface area contributed by atoms with E-state index in [1.165, 1.54) is 0 Å². The Bertz CT molecular complexity index is 1160. The highest BCUT2D eigenvalue weighted by atomic mass is 16.3. The van der Waals surface area contributed by atoms with Crippen LogP contribution in [0.25, 0.3) is 21.9 Å². The van der Waals surface area contributed by atoms with Crippen molar-refractivity contribution in [3.8, 4) is 5.88 Å². The number of nitrogens with zero attached hydrogens (tertiary/aromatic N) is 3. The van der Waals surface area contributed by atoms with Crippen molar-refractivity contribution in [2.24, 2.45) is 10.2 Å². The predicted octanol–water partition coefficient (Wildman–Crippen LogP) is 3.83. The van der Waals surface area contributed by atoms with Crippen LogP contribution in [-0.4, -0.2) is 20.1 Å². The summed E-state index contributed by atoms with van der Waals surface area (Å²) in [6.07, 6.45) is 0. The Morgan fingerprint density at radius 2 is 1.88 bits per heavy atom. The summed E-state index contributed by atoms with van der Waals surface area (Å²) in [7, 11) is 0. The number of aromatic amines is 2. The smallest absolute Gasteiger partial charge is 0.295 e.